The van der Waals surface area contributed by atoms with E-state index in [4.69, 9.17) is 0 Å². The van der Waals surface area contributed by atoms with Gasteiger partial charge in [-0.25, -0.2) is 0 Å². The summed E-state index contributed by atoms with van der Waals surface area (Å²) >= 11 is 0. The van der Waals surface area contributed by atoms with Crippen LogP contribution in [0.25, 0.3) is 0 Å². The molecule has 1 aromatic rings. The van der Waals surface area contributed by atoms with Gasteiger partial charge in [0.05, 0.1) is 0 Å². The first-order valence-electron chi connectivity index (χ1n) is 8.60. The van der Waals surface area contributed by atoms with Crippen LogP contribution in [0.5, 0.6) is 0 Å². The number of aryl methyl sites for hydroxylation is 2. The molecule has 0 spiro atoms. The Morgan fingerprint density at radius 2 is 1.85 bits per heavy atom. The van der Waals surface area contributed by atoms with Gasteiger partial charge in [0.2, 0.25) is 0 Å². The molecule has 1 N–H and O–H groups in total. The fraction of sp³-hybridized carbons (Fsp3) is 0.684. The third-order valence-electron chi connectivity index (χ3n) is 5.73. The highest BCUT2D eigenvalue weighted by atomic mass is 14.9. The minimum absolute atomic E-state index is 0.568. The SMILES string of the molecule is CCC1CCC(C(NC)c2ccc3c(c2)CCC3)CC1. The molecule has 3 rings (SSSR count). The second-order valence-corrected chi connectivity index (χ2v) is 6.84. The van der Waals surface area contributed by atoms with Crippen LogP contribution in [0, 0.1) is 11.8 Å². The van der Waals surface area contributed by atoms with Crippen molar-refractivity contribution in [3.05, 3.63) is 34.9 Å². The topological polar surface area (TPSA) is 12.0 Å². The van der Waals surface area contributed by atoms with Crippen LogP contribution in [0.1, 0.15) is 68.2 Å². The van der Waals surface area contributed by atoms with Crippen LogP contribution in [-0.4, -0.2) is 7.05 Å². The number of nitrogens with one attached hydrogen (secondary N) is 1. The fourth-order valence-corrected chi connectivity index (χ4v) is 4.39. The van der Waals surface area contributed by atoms with E-state index in [1.165, 1.54) is 56.9 Å². The van der Waals surface area contributed by atoms with Crippen molar-refractivity contribution in [1.82, 2.24) is 5.32 Å². The summed E-state index contributed by atoms with van der Waals surface area (Å²) < 4.78 is 0. The Morgan fingerprint density at radius 3 is 2.55 bits per heavy atom. The molecule has 20 heavy (non-hydrogen) atoms. The molecule has 1 saturated carbocycles. The Hall–Kier alpha value is -0.820. The van der Waals surface area contributed by atoms with Gasteiger partial charge >= 0.3 is 0 Å². The largest absolute Gasteiger partial charge is 0.313 e. The summed E-state index contributed by atoms with van der Waals surface area (Å²) in [5, 5.41) is 3.61. The van der Waals surface area contributed by atoms with Crippen molar-refractivity contribution in [2.45, 2.75) is 64.3 Å². The lowest BCUT2D eigenvalue weighted by Crippen LogP contribution is -2.28. The van der Waals surface area contributed by atoms with Gasteiger partial charge < -0.3 is 5.32 Å². The Labute approximate surface area is 124 Å². The zero-order valence-corrected chi connectivity index (χ0v) is 13.1. The molecule has 0 aliphatic heterocycles. The van der Waals surface area contributed by atoms with E-state index >= 15 is 0 Å². The van der Waals surface area contributed by atoms with Gasteiger partial charge in [-0.1, -0.05) is 44.4 Å². The van der Waals surface area contributed by atoms with Crippen LogP contribution in [0.2, 0.25) is 0 Å². The molecule has 1 atom stereocenters. The van der Waals surface area contributed by atoms with Crippen LogP contribution in [0.4, 0.5) is 0 Å². The minimum Gasteiger partial charge on any atom is -0.313 e. The summed E-state index contributed by atoms with van der Waals surface area (Å²) in [6.07, 6.45) is 11.0. The normalized spacial score (nSPS) is 27.3. The second-order valence-electron chi connectivity index (χ2n) is 6.84. The maximum Gasteiger partial charge on any atom is 0.0346 e. The summed E-state index contributed by atoms with van der Waals surface area (Å²) in [5.41, 5.74) is 4.75. The number of benzene rings is 1. The molecular formula is C19H29N. The summed E-state index contributed by atoms with van der Waals surface area (Å²) in [7, 11) is 2.14. The molecule has 1 nitrogen and oxygen atoms in total. The van der Waals surface area contributed by atoms with Crippen LogP contribution >= 0.6 is 0 Å². The maximum atomic E-state index is 3.61. The molecule has 2 aliphatic rings. The first kappa shape index (κ1) is 14.1. The van der Waals surface area contributed by atoms with E-state index in [-0.39, 0.29) is 0 Å². The molecule has 1 unspecified atom stereocenters. The lowest BCUT2D eigenvalue weighted by molar-refractivity contribution is 0.224. The van der Waals surface area contributed by atoms with E-state index in [2.05, 4.69) is 37.5 Å². The summed E-state index contributed by atoms with van der Waals surface area (Å²) in [5.74, 6) is 1.83. The van der Waals surface area contributed by atoms with Gasteiger partial charge in [0, 0.05) is 6.04 Å². The number of rotatable bonds is 4. The highest BCUT2D eigenvalue weighted by Gasteiger charge is 2.27. The van der Waals surface area contributed by atoms with E-state index in [1.807, 2.05) is 0 Å². The van der Waals surface area contributed by atoms with Crippen LogP contribution in [0.3, 0.4) is 0 Å². The molecule has 0 aromatic heterocycles. The van der Waals surface area contributed by atoms with Gasteiger partial charge in [-0.15, -0.1) is 0 Å². The average molecular weight is 271 g/mol. The molecule has 0 radical (unpaired) electrons. The standard InChI is InChI=1S/C19H29N/c1-3-14-7-9-16(10-8-14)19(20-2)18-12-11-15-5-4-6-17(15)13-18/h11-14,16,19-20H,3-10H2,1-2H3. The van der Waals surface area contributed by atoms with Crippen molar-refractivity contribution in [1.29, 1.82) is 0 Å². The lowest BCUT2D eigenvalue weighted by atomic mass is 9.76. The van der Waals surface area contributed by atoms with Crippen molar-refractivity contribution >= 4 is 0 Å². The predicted molar refractivity (Wildman–Crippen MR) is 86.0 cm³/mol. The first-order chi connectivity index (χ1) is 9.81. The van der Waals surface area contributed by atoms with Gasteiger partial charge in [0.25, 0.3) is 0 Å². The third kappa shape index (κ3) is 2.79. The number of hydrogen-bond acceptors (Lipinski definition) is 1. The Balaban J connectivity index is 1.73. The summed E-state index contributed by atoms with van der Waals surface area (Å²) in [6.45, 7) is 2.35. The zero-order valence-electron chi connectivity index (χ0n) is 13.1. The van der Waals surface area contributed by atoms with Crippen LogP contribution < -0.4 is 5.32 Å². The molecule has 1 heteroatoms. The van der Waals surface area contributed by atoms with E-state index in [0.717, 1.165) is 11.8 Å². The van der Waals surface area contributed by atoms with Crippen molar-refractivity contribution in [2.24, 2.45) is 11.8 Å². The summed E-state index contributed by atoms with van der Waals surface area (Å²) in [4.78, 5) is 0. The first-order valence-corrected chi connectivity index (χ1v) is 8.60. The minimum atomic E-state index is 0.568. The number of fused-ring (bicyclic) bond motifs is 1. The summed E-state index contributed by atoms with van der Waals surface area (Å²) in [6, 6.07) is 7.84. The monoisotopic (exact) mass is 271 g/mol. The molecule has 1 fully saturated rings. The van der Waals surface area contributed by atoms with Crippen molar-refractivity contribution in [3.63, 3.8) is 0 Å². The molecular weight excluding hydrogens is 242 g/mol. The van der Waals surface area contributed by atoms with Crippen molar-refractivity contribution in [2.75, 3.05) is 7.05 Å². The second kappa shape index (κ2) is 6.30. The van der Waals surface area contributed by atoms with Crippen molar-refractivity contribution < 1.29 is 0 Å². The quantitative estimate of drug-likeness (QED) is 0.840. The van der Waals surface area contributed by atoms with E-state index < -0.39 is 0 Å². The van der Waals surface area contributed by atoms with Crippen LogP contribution in [-0.2, 0) is 12.8 Å². The van der Waals surface area contributed by atoms with Gasteiger partial charge in [-0.2, -0.15) is 0 Å². The molecule has 0 amide bonds. The van der Waals surface area contributed by atoms with Gasteiger partial charge in [-0.3, -0.25) is 0 Å². The third-order valence-corrected chi connectivity index (χ3v) is 5.73. The molecule has 0 saturated heterocycles. The van der Waals surface area contributed by atoms with Gasteiger partial charge in [0.1, 0.15) is 0 Å². The highest BCUT2D eigenvalue weighted by molar-refractivity contribution is 5.36. The predicted octanol–water partition coefficient (Wildman–Crippen LogP) is 4.65. The molecule has 110 valence electrons. The maximum absolute atomic E-state index is 3.61. The lowest BCUT2D eigenvalue weighted by Gasteiger charge is -2.34. The van der Waals surface area contributed by atoms with Crippen molar-refractivity contribution in [3.8, 4) is 0 Å². The van der Waals surface area contributed by atoms with E-state index in [9.17, 15) is 0 Å². The molecule has 0 heterocycles. The van der Waals surface area contributed by atoms with Gasteiger partial charge in [-0.05, 0) is 67.7 Å². The van der Waals surface area contributed by atoms with Crippen LogP contribution in [0.15, 0.2) is 18.2 Å². The smallest absolute Gasteiger partial charge is 0.0346 e. The highest BCUT2D eigenvalue weighted by Crippen LogP contribution is 2.38. The molecule has 2 aliphatic carbocycles. The fourth-order valence-electron chi connectivity index (χ4n) is 4.39. The Bertz CT molecular complexity index is 443. The van der Waals surface area contributed by atoms with Gasteiger partial charge in [0.15, 0.2) is 0 Å². The molecule has 1 aromatic carbocycles. The Morgan fingerprint density at radius 1 is 1.10 bits per heavy atom. The zero-order chi connectivity index (χ0) is 13.9. The number of hydrogen-bond donors (Lipinski definition) is 1. The van der Waals surface area contributed by atoms with E-state index in [1.54, 1.807) is 11.1 Å². The Kier molecular flexibility index (Phi) is 4.45. The molecule has 0 bridgehead atoms. The van der Waals surface area contributed by atoms with E-state index in [0.29, 0.717) is 6.04 Å². The average Bonchev–Trinajstić information content (AvgIpc) is 2.96.